The molecule has 0 aliphatic heterocycles. The van der Waals surface area contributed by atoms with Gasteiger partial charge in [-0.3, -0.25) is 0 Å². The van der Waals surface area contributed by atoms with Gasteiger partial charge in [0, 0.05) is 26.0 Å². The molecule has 0 saturated heterocycles. The number of rotatable bonds is 6. The summed E-state index contributed by atoms with van der Waals surface area (Å²) in [5, 5.41) is 0. The highest BCUT2D eigenvalue weighted by Crippen LogP contribution is 2.37. The van der Waals surface area contributed by atoms with Gasteiger partial charge >= 0.3 is 0 Å². The van der Waals surface area contributed by atoms with Gasteiger partial charge in [-0.1, -0.05) is 0 Å². The average molecular weight is 340 g/mol. The molecule has 1 aromatic heterocycles. The number of ether oxygens (including phenoxy) is 2. The molecule has 0 unspecified atom stereocenters. The van der Waals surface area contributed by atoms with Crippen molar-refractivity contribution in [1.82, 2.24) is 9.55 Å². The number of aromatic nitrogens is 2. The van der Waals surface area contributed by atoms with E-state index < -0.39 is 0 Å². The fourth-order valence-electron chi connectivity index (χ4n) is 1.81. The highest BCUT2D eigenvalue weighted by Gasteiger charge is 2.13. The molecule has 0 radical (unpaired) electrons. The van der Waals surface area contributed by atoms with Crippen LogP contribution in [0.4, 0.5) is 0 Å². The maximum absolute atomic E-state index is 5.85. The Hall–Kier alpha value is -1.53. The summed E-state index contributed by atoms with van der Waals surface area (Å²) in [4.78, 5) is 4.23. The molecule has 20 heavy (non-hydrogen) atoms. The summed E-state index contributed by atoms with van der Waals surface area (Å²) >= 11 is 3.50. The van der Waals surface area contributed by atoms with E-state index in [2.05, 4.69) is 20.9 Å². The fourth-order valence-corrected chi connectivity index (χ4v) is 2.42. The van der Waals surface area contributed by atoms with Crippen LogP contribution in [-0.4, -0.2) is 16.2 Å². The summed E-state index contributed by atoms with van der Waals surface area (Å²) in [6.07, 6.45) is 3.63. The summed E-state index contributed by atoms with van der Waals surface area (Å²) < 4.78 is 14.2. The van der Waals surface area contributed by atoms with Gasteiger partial charge in [0.2, 0.25) is 0 Å². The van der Waals surface area contributed by atoms with Crippen LogP contribution < -0.4 is 15.2 Å². The van der Waals surface area contributed by atoms with E-state index in [4.69, 9.17) is 15.2 Å². The van der Waals surface area contributed by atoms with Gasteiger partial charge in [-0.2, -0.15) is 0 Å². The number of nitrogens with two attached hydrogens (primary N) is 1. The van der Waals surface area contributed by atoms with Crippen LogP contribution in [0.5, 0.6) is 11.5 Å². The zero-order valence-corrected chi connectivity index (χ0v) is 13.2. The Kier molecular flexibility index (Phi) is 5.03. The molecular weight excluding hydrogens is 322 g/mol. The Morgan fingerprint density at radius 2 is 2.15 bits per heavy atom. The molecule has 5 nitrogen and oxygen atoms in total. The van der Waals surface area contributed by atoms with E-state index in [9.17, 15) is 0 Å². The molecule has 0 aliphatic carbocycles. The minimum absolute atomic E-state index is 0.379. The van der Waals surface area contributed by atoms with Gasteiger partial charge in [-0.05, 0) is 40.5 Å². The lowest BCUT2D eigenvalue weighted by Crippen LogP contribution is -2.06. The van der Waals surface area contributed by atoms with Crippen molar-refractivity contribution in [3.63, 3.8) is 0 Å². The molecule has 0 saturated carbocycles. The highest BCUT2D eigenvalue weighted by molar-refractivity contribution is 9.10. The van der Waals surface area contributed by atoms with Gasteiger partial charge in [-0.25, -0.2) is 4.98 Å². The van der Waals surface area contributed by atoms with Crippen molar-refractivity contribution < 1.29 is 9.47 Å². The Morgan fingerprint density at radius 1 is 1.35 bits per heavy atom. The number of hydrogen-bond donors (Lipinski definition) is 1. The summed E-state index contributed by atoms with van der Waals surface area (Å²) in [7, 11) is 1.93. The van der Waals surface area contributed by atoms with Crippen LogP contribution in [0, 0.1) is 0 Å². The molecule has 2 aromatic rings. The van der Waals surface area contributed by atoms with Crippen molar-refractivity contribution in [3.05, 3.63) is 40.4 Å². The molecule has 2 rings (SSSR count). The van der Waals surface area contributed by atoms with Crippen LogP contribution >= 0.6 is 15.9 Å². The van der Waals surface area contributed by atoms with Crippen LogP contribution in [0.2, 0.25) is 0 Å². The van der Waals surface area contributed by atoms with Crippen LogP contribution in [0.1, 0.15) is 18.3 Å². The summed E-state index contributed by atoms with van der Waals surface area (Å²) in [5.41, 5.74) is 6.66. The van der Waals surface area contributed by atoms with Crippen molar-refractivity contribution >= 4 is 15.9 Å². The SMILES string of the molecule is CCOc1cc(CN)cc(Br)c1OCc1nccn1C. The van der Waals surface area contributed by atoms with E-state index in [0.717, 1.165) is 15.9 Å². The Labute approximate surface area is 126 Å². The summed E-state index contributed by atoms with van der Waals surface area (Å²) in [6, 6.07) is 3.85. The van der Waals surface area contributed by atoms with E-state index in [1.807, 2.05) is 36.9 Å². The topological polar surface area (TPSA) is 62.3 Å². The number of benzene rings is 1. The largest absolute Gasteiger partial charge is 0.490 e. The van der Waals surface area contributed by atoms with Crippen molar-refractivity contribution in [2.75, 3.05) is 6.61 Å². The van der Waals surface area contributed by atoms with Gasteiger partial charge in [0.1, 0.15) is 12.4 Å². The molecule has 1 aromatic carbocycles. The normalized spacial score (nSPS) is 10.6. The molecule has 0 amide bonds. The zero-order chi connectivity index (χ0) is 14.5. The molecule has 108 valence electrons. The van der Waals surface area contributed by atoms with Crippen LogP contribution in [0.25, 0.3) is 0 Å². The molecule has 0 bridgehead atoms. The van der Waals surface area contributed by atoms with Crippen molar-refractivity contribution in [1.29, 1.82) is 0 Å². The Bertz CT molecular complexity index is 584. The first-order valence-electron chi connectivity index (χ1n) is 6.40. The lowest BCUT2D eigenvalue weighted by Gasteiger charge is -2.15. The molecule has 0 fully saturated rings. The zero-order valence-electron chi connectivity index (χ0n) is 11.6. The van der Waals surface area contributed by atoms with Crippen LogP contribution in [-0.2, 0) is 20.2 Å². The van der Waals surface area contributed by atoms with Crippen LogP contribution in [0.3, 0.4) is 0 Å². The predicted octanol–water partition coefficient (Wildman–Crippen LogP) is 2.62. The van der Waals surface area contributed by atoms with Gasteiger partial charge in [0.15, 0.2) is 11.5 Å². The second kappa shape index (κ2) is 6.76. The number of imidazole rings is 1. The number of halogens is 1. The second-order valence-corrected chi connectivity index (χ2v) is 5.14. The third-order valence-corrected chi connectivity index (χ3v) is 3.46. The monoisotopic (exact) mass is 339 g/mol. The minimum atomic E-state index is 0.379. The van der Waals surface area contributed by atoms with E-state index in [0.29, 0.717) is 31.3 Å². The molecule has 0 atom stereocenters. The number of hydrogen-bond acceptors (Lipinski definition) is 4. The fraction of sp³-hybridized carbons (Fsp3) is 0.357. The van der Waals surface area contributed by atoms with Gasteiger partial charge in [-0.15, -0.1) is 0 Å². The molecule has 0 aliphatic rings. The van der Waals surface area contributed by atoms with Crippen molar-refractivity contribution in [2.24, 2.45) is 12.8 Å². The third kappa shape index (κ3) is 3.32. The molecule has 2 N–H and O–H groups in total. The lowest BCUT2D eigenvalue weighted by atomic mass is 10.2. The second-order valence-electron chi connectivity index (χ2n) is 4.29. The molecule has 0 spiro atoms. The van der Waals surface area contributed by atoms with E-state index >= 15 is 0 Å². The third-order valence-electron chi connectivity index (χ3n) is 2.87. The lowest BCUT2D eigenvalue weighted by molar-refractivity contribution is 0.259. The van der Waals surface area contributed by atoms with Crippen molar-refractivity contribution in [3.8, 4) is 11.5 Å². The molecule has 1 heterocycles. The predicted molar refractivity (Wildman–Crippen MR) is 80.7 cm³/mol. The summed E-state index contributed by atoms with van der Waals surface area (Å²) in [5.74, 6) is 2.21. The van der Waals surface area contributed by atoms with Gasteiger partial charge in [0.25, 0.3) is 0 Å². The minimum Gasteiger partial charge on any atom is -0.490 e. The Morgan fingerprint density at radius 3 is 2.75 bits per heavy atom. The number of aryl methyl sites for hydroxylation is 1. The molecular formula is C14H18BrN3O2. The van der Waals surface area contributed by atoms with Gasteiger partial charge < -0.3 is 19.8 Å². The standard InChI is InChI=1S/C14H18BrN3O2/c1-3-19-12-7-10(8-16)6-11(15)14(12)20-9-13-17-4-5-18(13)2/h4-7H,3,8-9,16H2,1-2H3. The number of nitrogens with zero attached hydrogens (tertiary/aromatic N) is 2. The van der Waals surface area contributed by atoms with Gasteiger partial charge in [0.05, 0.1) is 11.1 Å². The van der Waals surface area contributed by atoms with Crippen LogP contribution in [0.15, 0.2) is 29.0 Å². The quantitative estimate of drug-likeness (QED) is 0.878. The first-order chi connectivity index (χ1) is 9.65. The van der Waals surface area contributed by atoms with E-state index in [1.165, 1.54) is 0 Å². The first-order valence-corrected chi connectivity index (χ1v) is 7.19. The van der Waals surface area contributed by atoms with Crippen molar-refractivity contribution in [2.45, 2.75) is 20.1 Å². The first kappa shape index (κ1) is 14.9. The maximum Gasteiger partial charge on any atom is 0.176 e. The smallest absolute Gasteiger partial charge is 0.176 e. The highest BCUT2D eigenvalue weighted by atomic mass is 79.9. The molecule has 6 heteroatoms. The Balaban J connectivity index is 2.23. The maximum atomic E-state index is 5.85. The van der Waals surface area contributed by atoms with E-state index in [1.54, 1.807) is 6.20 Å². The summed E-state index contributed by atoms with van der Waals surface area (Å²) in [6.45, 7) is 3.34. The van der Waals surface area contributed by atoms with E-state index in [-0.39, 0.29) is 0 Å². The average Bonchev–Trinajstić information content (AvgIpc) is 2.83.